The summed E-state index contributed by atoms with van der Waals surface area (Å²) in [5.41, 5.74) is 1.25. The number of hydrogen-bond donors (Lipinski definition) is 0. The van der Waals surface area contributed by atoms with Crippen LogP contribution in [0.4, 0.5) is 0 Å². The third-order valence-electron chi connectivity index (χ3n) is 4.99. The molecule has 3 heteroatoms. The first-order chi connectivity index (χ1) is 11.4. The van der Waals surface area contributed by atoms with Crippen LogP contribution in [0.2, 0.25) is 0 Å². The first-order valence-electron chi connectivity index (χ1n) is 8.87. The summed E-state index contributed by atoms with van der Waals surface area (Å²) < 4.78 is 16.6. The highest BCUT2D eigenvalue weighted by Crippen LogP contribution is 2.39. The Morgan fingerprint density at radius 2 is 1.67 bits per heavy atom. The summed E-state index contributed by atoms with van der Waals surface area (Å²) >= 11 is -1.20. The van der Waals surface area contributed by atoms with Gasteiger partial charge in [0.15, 0.2) is 0 Å². The Labute approximate surface area is 148 Å². The standard InChI is InChI=1S/C21H27NOS/c1-20(2,3)24(23)22-16-21(13-7-4-8-14-21)19-12-11-17-9-5-6-10-18(17)15-19/h5-6,9-12,15-16H,4,7-8,13-14H2,1-3H3. The molecule has 0 N–H and O–H groups in total. The summed E-state index contributed by atoms with van der Waals surface area (Å²) in [6.45, 7) is 5.93. The first kappa shape index (κ1) is 17.5. The third-order valence-corrected chi connectivity index (χ3v) is 6.33. The van der Waals surface area contributed by atoms with Crippen LogP contribution in [0.5, 0.6) is 0 Å². The van der Waals surface area contributed by atoms with Gasteiger partial charge in [0.25, 0.3) is 0 Å². The molecule has 0 amide bonds. The van der Waals surface area contributed by atoms with Gasteiger partial charge in [-0.3, -0.25) is 0 Å². The maximum absolute atomic E-state index is 12.4. The molecule has 1 fully saturated rings. The van der Waals surface area contributed by atoms with Crippen LogP contribution >= 0.6 is 0 Å². The minimum absolute atomic E-state index is 0.0663. The van der Waals surface area contributed by atoms with Crippen LogP contribution in [0, 0.1) is 0 Å². The van der Waals surface area contributed by atoms with Crippen molar-refractivity contribution in [3.63, 3.8) is 0 Å². The maximum atomic E-state index is 12.4. The van der Waals surface area contributed by atoms with E-state index in [0.717, 1.165) is 12.8 Å². The lowest BCUT2D eigenvalue weighted by atomic mass is 9.70. The SMILES string of the molecule is CC(C)(C)[S+]([O-])N=CC1(c2ccc3ccccc3c2)CCCCC1. The van der Waals surface area contributed by atoms with Crippen molar-refractivity contribution < 1.29 is 4.55 Å². The van der Waals surface area contributed by atoms with Crippen molar-refractivity contribution in [1.82, 2.24) is 0 Å². The van der Waals surface area contributed by atoms with Gasteiger partial charge >= 0.3 is 0 Å². The summed E-state index contributed by atoms with van der Waals surface area (Å²) in [5.74, 6) is 0. The molecule has 24 heavy (non-hydrogen) atoms. The molecular formula is C21H27NOS. The van der Waals surface area contributed by atoms with Crippen molar-refractivity contribution in [2.75, 3.05) is 0 Å². The lowest BCUT2D eigenvalue weighted by Gasteiger charge is -2.34. The molecule has 0 heterocycles. The zero-order valence-electron chi connectivity index (χ0n) is 14.9. The predicted molar refractivity (Wildman–Crippen MR) is 105 cm³/mol. The van der Waals surface area contributed by atoms with Crippen LogP contribution < -0.4 is 0 Å². The quantitative estimate of drug-likeness (QED) is 0.530. The highest BCUT2D eigenvalue weighted by Gasteiger charge is 2.35. The molecule has 0 aromatic heterocycles. The third kappa shape index (κ3) is 3.68. The van der Waals surface area contributed by atoms with Gasteiger partial charge in [0.05, 0.1) is 6.21 Å². The summed E-state index contributed by atoms with van der Waals surface area (Å²) in [4.78, 5) is 0. The van der Waals surface area contributed by atoms with Gasteiger partial charge in [-0.25, -0.2) is 0 Å². The average Bonchev–Trinajstić information content (AvgIpc) is 2.59. The second kappa shape index (κ2) is 6.89. The van der Waals surface area contributed by atoms with Crippen LogP contribution in [-0.2, 0) is 16.8 Å². The van der Waals surface area contributed by atoms with E-state index in [0.29, 0.717) is 0 Å². The predicted octanol–water partition coefficient (Wildman–Crippen LogP) is 5.57. The topological polar surface area (TPSA) is 35.4 Å². The zero-order valence-corrected chi connectivity index (χ0v) is 15.7. The monoisotopic (exact) mass is 341 g/mol. The highest BCUT2D eigenvalue weighted by atomic mass is 32.2. The van der Waals surface area contributed by atoms with Gasteiger partial charge in [0.2, 0.25) is 0 Å². The van der Waals surface area contributed by atoms with E-state index in [4.69, 9.17) is 0 Å². The lowest BCUT2D eigenvalue weighted by Crippen LogP contribution is -2.33. The second-order valence-electron chi connectivity index (χ2n) is 7.87. The van der Waals surface area contributed by atoms with Crippen LogP contribution in [0.15, 0.2) is 46.9 Å². The molecule has 1 unspecified atom stereocenters. The number of fused-ring (bicyclic) bond motifs is 1. The van der Waals surface area contributed by atoms with Crippen LogP contribution in [0.1, 0.15) is 58.4 Å². The molecule has 1 saturated carbocycles. The molecule has 0 aliphatic heterocycles. The minimum atomic E-state index is -1.20. The summed E-state index contributed by atoms with van der Waals surface area (Å²) in [6, 6.07) is 15.2. The molecule has 0 spiro atoms. The second-order valence-corrected chi connectivity index (χ2v) is 9.81. The van der Waals surface area contributed by atoms with Gasteiger partial charge in [-0.05, 0) is 49.9 Å². The molecule has 1 aliphatic rings. The van der Waals surface area contributed by atoms with Crippen molar-refractivity contribution in [3.8, 4) is 0 Å². The molecule has 128 valence electrons. The van der Waals surface area contributed by atoms with Crippen molar-refractivity contribution in [2.24, 2.45) is 4.40 Å². The van der Waals surface area contributed by atoms with Crippen molar-refractivity contribution in [3.05, 3.63) is 48.0 Å². The first-order valence-corrected chi connectivity index (χ1v) is 9.98. The fourth-order valence-electron chi connectivity index (χ4n) is 3.48. The fraction of sp³-hybridized carbons (Fsp3) is 0.476. The summed E-state index contributed by atoms with van der Waals surface area (Å²) in [7, 11) is 0. The lowest BCUT2D eigenvalue weighted by molar-refractivity contribution is 0.387. The minimum Gasteiger partial charge on any atom is -0.591 e. The van der Waals surface area contributed by atoms with E-state index >= 15 is 0 Å². The van der Waals surface area contributed by atoms with E-state index in [1.807, 2.05) is 27.0 Å². The van der Waals surface area contributed by atoms with Crippen molar-refractivity contribution in [1.29, 1.82) is 0 Å². The van der Waals surface area contributed by atoms with Crippen molar-refractivity contribution >= 4 is 28.3 Å². The molecule has 3 rings (SSSR count). The summed E-state index contributed by atoms with van der Waals surface area (Å²) in [6.07, 6.45) is 7.90. The Kier molecular flexibility index (Phi) is 5.03. The highest BCUT2D eigenvalue weighted by molar-refractivity contribution is 7.91. The number of benzene rings is 2. The molecule has 0 radical (unpaired) electrons. The van der Waals surface area contributed by atoms with E-state index in [1.165, 1.54) is 35.6 Å². The van der Waals surface area contributed by atoms with E-state index in [2.05, 4.69) is 46.9 Å². The molecule has 0 saturated heterocycles. The molecule has 2 aromatic rings. The van der Waals surface area contributed by atoms with Crippen molar-refractivity contribution in [2.45, 2.75) is 63.0 Å². The van der Waals surface area contributed by atoms with E-state index in [9.17, 15) is 4.55 Å². The van der Waals surface area contributed by atoms with Gasteiger partial charge in [-0.15, -0.1) is 0 Å². The largest absolute Gasteiger partial charge is 0.591 e. The van der Waals surface area contributed by atoms with E-state index in [-0.39, 0.29) is 10.2 Å². The van der Waals surface area contributed by atoms with Crippen LogP contribution in [-0.4, -0.2) is 15.5 Å². The smallest absolute Gasteiger partial charge is 0.144 e. The molecular weight excluding hydrogens is 314 g/mol. The Morgan fingerprint density at radius 3 is 2.33 bits per heavy atom. The number of hydrogen-bond acceptors (Lipinski definition) is 2. The van der Waals surface area contributed by atoms with Gasteiger partial charge in [0, 0.05) is 5.41 Å². The van der Waals surface area contributed by atoms with Crippen LogP contribution in [0.3, 0.4) is 0 Å². The van der Waals surface area contributed by atoms with Gasteiger partial charge in [-0.2, -0.15) is 0 Å². The normalized spacial score (nSPS) is 19.7. The maximum Gasteiger partial charge on any atom is 0.144 e. The Morgan fingerprint density at radius 1 is 1.00 bits per heavy atom. The Bertz CT molecular complexity index is 726. The zero-order chi connectivity index (χ0) is 17.2. The number of nitrogens with zero attached hydrogens (tertiary/aromatic N) is 1. The van der Waals surface area contributed by atoms with E-state index < -0.39 is 11.4 Å². The molecule has 1 atom stereocenters. The molecule has 0 bridgehead atoms. The molecule has 2 nitrogen and oxygen atoms in total. The molecule has 2 aromatic carbocycles. The Hall–Kier alpha value is -1.32. The summed E-state index contributed by atoms with van der Waals surface area (Å²) in [5, 5.41) is 2.53. The van der Waals surface area contributed by atoms with Gasteiger partial charge < -0.3 is 4.55 Å². The average molecular weight is 342 g/mol. The van der Waals surface area contributed by atoms with Gasteiger partial charge in [0.1, 0.15) is 16.1 Å². The molecule has 1 aliphatic carbocycles. The number of rotatable bonds is 3. The Balaban J connectivity index is 1.99. The van der Waals surface area contributed by atoms with Gasteiger partial charge in [-0.1, -0.05) is 66.1 Å². The van der Waals surface area contributed by atoms with E-state index in [1.54, 1.807) is 0 Å². The van der Waals surface area contributed by atoms with Crippen LogP contribution in [0.25, 0.3) is 10.8 Å². The fourth-order valence-corrected chi connectivity index (χ4v) is 4.09.